The Labute approximate surface area is 414 Å². The highest BCUT2D eigenvalue weighted by Gasteiger charge is 2.33. The molecule has 16 nitrogen and oxygen atoms in total. The average molecular weight is 969 g/mol. The van der Waals surface area contributed by atoms with Gasteiger partial charge in [-0.25, -0.2) is 38.7 Å². The van der Waals surface area contributed by atoms with E-state index in [4.69, 9.17) is 30.6 Å². The van der Waals surface area contributed by atoms with Crippen molar-refractivity contribution < 1.29 is 27.9 Å². The summed E-state index contributed by atoms with van der Waals surface area (Å²) < 4.78 is 39.3. The van der Waals surface area contributed by atoms with E-state index in [1.165, 1.54) is 24.3 Å². The second kappa shape index (κ2) is 21.9. The number of nitrogens with two attached hydrogens (primary N) is 2. The molecule has 72 heavy (non-hydrogen) atoms. The van der Waals surface area contributed by atoms with Gasteiger partial charge < -0.3 is 30.6 Å². The van der Waals surface area contributed by atoms with Gasteiger partial charge in [0.25, 0.3) is 0 Å². The van der Waals surface area contributed by atoms with Crippen LogP contribution >= 0.6 is 0 Å². The van der Waals surface area contributed by atoms with Crippen molar-refractivity contribution in [2.45, 2.75) is 64.6 Å². The Kier molecular flexibility index (Phi) is 14.7. The minimum absolute atomic E-state index is 0.0597. The molecule has 0 aliphatic heterocycles. The van der Waals surface area contributed by atoms with Gasteiger partial charge in [-0.2, -0.15) is 0 Å². The molecule has 6 aromatic heterocycles. The first-order chi connectivity index (χ1) is 35.0. The van der Waals surface area contributed by atoms with Crippen LogP contribution in [0.15, 0.2) is 132 Å². The number of halogens is 2. The number of fused-ring (bicyclic) bond motifs is 2. The van der Waals surface area contributed by atoms with Crippen molar-refractivity contribution in [3.63, 3.8) is 0 Å². The van der Waals surface area contributed by atoms with Crippen LogP contribution in [-0.4, -0.2) is 65.5 Å². The first-order valence-electron chi connectivity index (χ1n) is 23.1. The number of methoxy groups -OCH3 is 2. The van der Waals surface area contributed by atoms with Gasteiger partial charge in [-0.1, -0.05) is 46.7 Å². The van der Waals surface area contributed by atoms with Crippen molar-refractivity contribution in [2.24, 2.45) is 10.3 Å². The highest BCUT2D eigenvalue weighted by atomic mass is 19.1. The van der Waals surface area contributed by atoms with E-state index in [-0.39, 0.29) is 48.6 Å². The maximum Gasteiger partial charge on any atom is 0.220 e. The molecule has 0 fully saturated rings. The Morgan fingerprint density at radius 3 is 1.39 bits per heavy atom. The number of benzene rings is 2. The van der Waals surface area contributed by atoms with E-state index >= 15 is 0 Å². The molecule has 2 unspecified atom stereocenters. The lowest BCUT2D eigenvalue weighted by atomic mass is 9.79. The number of aryl methyl sites for hydroxylation is 2. The fourth-order valence-corrected chi connectivity index (χ4v) is 9.15. The fraction of sp³-hybridized carbons (Fsp3) is 0.222. The molecule has 0 saturated carbocycles. The molecule has 0 bridgehead atoms. The standard InChI is InChI=1S/2C27H25FN6O2/c2*1-16-26-23(33-27(29)31-16)11-18(12-24(26)34-36-15-17-5-4-10-30-14-17)20-9-8-19(28)13-21(20)22-6-3-7-25(32-22)35-2/h2*3-10,13-14,18H,11-12,15H2,1-2H3,(H2,29,31,33)/b34-24+;34-24-. The molecule has 0 saturated heterocycles. The maximum absolute atomic E-state index is 14.4. The zero-order valence-corrected chi connectivity index (χ0v) is 40.0. The van der Waals surface area contributed by atoms with Crippen molar-refractivity contribution in [3.8, 4) is 34.3 Å². The maximum atomic E-state index is 14.4. The smallest absolute Gasteiger partial charge is 0.220 e. The van der Waals surface area contributed by atoms with Crippen LogP contribution < -0.4 is 20.9 Å². The van der Waals surface area contributed by atoms with Gasteiger partial charge in [-0.05, 0) is 98.2 Å². The number of rotatable bonds is 12. The van der Waals surface area contributed by atoms with Gasteiger partial charge in [0.05, 0.1) is 59.8 Å². The lowest BCUT2D eigenvalue weighted by Crippen LogP contribution is -2.24. The largest absolute Gasteiger partial charge is 0.481 e. The number of ether oxygens (including phenoxy) is 2. The molecule has 2 aromatic carbocycles. The van der Waals surface area contributed by atoms with Crippen LogP contribution in [0.4, 0.5) is 20.7 Å². The number of nitrogens with zero attached hydrogens (tertiary/aromatic N) is 10. The van der Waals surface area contributed by atoms with Crippen molar-refractivity contribution >= 4 is 23.3 Å². The van der Waals surface area contributed by atoms with Gasteiger partial charge in [0.2, 0.25) is 23.7 Å². The Hall–Kier alpha value is -8.80. The van der Waals surface area contributed by atoms with Gasteiger partial charge >= 0.3 is 0 Å². The first-order valence-corrected chi connectivity index (χ1v) is 23.1. The Morgan fingerprint density at radius 2 is 0.986 bits per heavy atom. The monoisotopic (exact) mass is 968 g/mol. The highest BCUT2D eigenvalue weighted by Crippen LogP contribution is 2.40. The minimum Gasteiger partial charge on any atom is -0.481 e. The minimum atomic E-state index is -0.342. The first kappa shape index (κ1) is 48.2. The second-order valence-corrected chi connectivity index (χ2v) is 17.1. The van der Waals surface area contributed by atoms with E-state index in [0.717, 1.165) is 67.6 Å². The SMILES string of the molecule is COc1cccc(-c2cc(F)ccc2C2C/C(=N/OCc3cccnc3)c3c(C)nc(N)nc3C2)n1.COc1cccc(-c2cc(F)ccc2C2C/C(=N\OCc3cccnc3)c3c(C)nc(N)nc3C2)n1. The third-order valence-electron chi connectivity index (χ3n) is 12.3. The van der Waals surface area contributed by atoms with Crippen molar-refractivity contribution in [1.82, 2.24) is 39.9 Å². The Balaban J connectivity index is 0.000000178. The summed E-state index contributed by atoms with van der Waals surface area (Å²) in [5.41, 5.74) is 24.5. The molecule has 0 radical (unpaired) electrons. The molecule has 6 heterocycles. The lowest BCUT2D eigenvalue weighted by Gasteiger charge is -2.27. The van der Waals surface area contributed by atoms with Gasteiger partial charge in [0, 0.05) is 83.1 Å². The Bertz CT molecular complexity index is 3070. The van der Waals surface area contributed by atoms with Crippen molar-refractivity contribution in [3.05, 3.63) is 190 Å². The van der Waals surface area contributed by atoms with Crippen LogP contribution in [0.5, 0.6) is 11.8 Å². The second-order valence-electron chi connectivity index (χ2n) is 17.1. The summed E-state index contributed by atoms with van der Waals surface area (Å²) in [6.45, 7) is 4.33. The number of hydrogen-bond donors (Lipinski definition) is 2. The van der Waals surface area contributed by atoms with Gasteiger partial charge in [0.15, 0.2) is 0 Å². The molecule has 364 valence electrons. The van der Waals surface area contributed by atoms with Gasteiger partial charge in [-0.15, -0.1) is 0 Å². The normalized spacial score (nSPS) is 16.0. The van der Waals surface area contributed by atoms with E-state index in [1.54, 1.807) is 63.3 Å². The quantitative estimate of drug-likeness (QED) is 0.109. The van der Waals surface area contributed by atoms with Crippen LogP contribution in [-0.2, 0) is 35.7 Å². The number of nitrogen functional groups attached to an aromatic ring is 2. The highest BCUT2D eigenvalue weighted by molar-refractivity contribution is 6.04. The summed E-state index contributed by atoms with van der Waals surface area (Å²) in [6, 6.07) is 27.9. The van der Waals surface area contributed by atoms with E-state index in [1.807, 2.05) is 62.4 Å². The summed E-state index contributed by atoms with van der Waals surface area (Å²) in [7, 11) is 3.11. The number of aromatic nitrogens is 8. The Morgan fingerprint density at radius 1 is 0.542 bits per heavy atom. The number of hydrogen-bond acceptors (Lipinski definition) is 16. The van der Waals surface area contributed by atoms with Crippen LogP contribution in [0.2, 0.25) is 0 Å². The van der Waals surface area contributed by atoms with E-state index in [0.29, 0.717) is 60.0 Å². The number of anilines is 2. The summed E-state index contributed by atoms with van der Waals surface area (Å²) in [5, 5.41) is 8.98. The molecule has 8 aromatic rings. The zero-order valence-electron chi connectivity index (χ0n) is 40.0. The van der Waals surface area contributed by atoms with Gasteiger partial charge in [0.1, 0.15) is 24.8 Å². The molecule has 4 N–H and O–H groups in total. The fourth-order valence-electron chi connectivity index (χ4n) is 9.15. The predicted octanol–water partition coefficient (Wildman–Crippen LogP) is 9.25. The predicted molar refractivity (Wildman–Crippen MR) is 268 cm³/mol. The molecule has 0 spiro atoms. The molecule has 18 heteroatoms. The summed E-state index contributed by atoms with van der Waals surface area (Å²) >= 11 is 0. The lowest BCUT2D eigenvalue weighted by molar-refractivity contribution is 0.129. The van der Waals surface area contributed by atoms with E-state index < -0.39 is 0 Å². The molecule has 0 amide bonds. The summed E-state index contributed by atoms with van der Waals surface area (Å²) in [4.78, 5) is 46.5. The van der Waals surface area contributed by atoms with Crippen LogP contribution in [0.3, 0.4) is 0 Å². The summed E-state index contributed by atoms with van der Waals surface area (Å²) in [5.74, 6) is 0.521. The van der Waals surface area contributed by atoms with E-state index in [9.17, 15) is 8.78 Å². The molecular weight excluding hydrogens is 919 g/mol. The van der Waals surface area contributed by atoms with Crippen LogP contribution in [0.25, 0.3) is 22.5 Å². The molecular formula is C54H50F2N12O4. The number of pyridine rings is 4. The van der Waals surface area contributed by atoms with Crippen LogP contribution in [0.1, 0.15) is 80.8 Å². The van der Waals surface area contributed by atoms with E-state index in [2.05, 4.69) is 50.2 Å². The van der Waals surface area contributed by atoms with Crippen molar-refractivity contribution in [2.75, 3.05) is 25.7 Å². The average Bonchev–Trinajstić information content (AvgIpc) is 3.38. The topological polar surface area (TPSA) is 217 Å². The number of oxime groups is 2. The van der Waals surface area contributed by atoms with Crippen molar-refractivity contribution in [1.29, 1.82) is 0 Å². The third kappa shape index (κ3) is 11.1. The molecule has 10 rings (SSSR count). The molecule has 2 atom stereocenters. The molecule has 2 aliphatic rings. The third-order valence-corrected chi connectivity index (χ3v) is 12.3. The molecule has 2 aliphatic carbocycles. The van der Waals surface area contributed by atoms with Gasteiger partial charge in [-0.3, -0.25) is 9.97 Å². The summed E-state index contributed by atoms with van der Waals surface area (Å²) in [6.07, 6.45) is 9.17. The zero-order chi connectivity index (χ0) is 50.1. The van der Waals surface area contributed by atoms with Crippen LogP contribution in [0, 0.1) is 25.5 Å².